The van der Waals surface area contributed by atoms with Crippen molar-refractivity contribution in [3.63, 3.8) is 0 Å². The van der Waals surface area contributed by atoms with Crippen molar-refractivity contribution in [3.05, 3.63) is 226 Å². The molecule has 4 nitrogen and oxygen atoms in total. The largest absolute Gasteiger partial charge is 0.311 e. The lowest BCUT2D eigenvalue weighted by Gasteiger charge is -2.28. The molecule has 4 heteroatoms. The van der Waals surface area contributed by atoms with Gasteiger partial charge < -0.3 is 9.80 Å². The Labute approximate surface area is 416 Å². The van der Waals surface area contributed by atoms with Gasteiger partial charge in [0.2, 0.25) is 0 Å². The highest BCUT2D eigenvalue weighted by atomic mass is 16.1. The first-order valence-corrected chi connectivity index (χ1v) is 25.0. The Morgan fingerprint density at radius 2 is 0.600 bits per heavy atom. The maximum atomic E-state index is 14.3. The highest BCUT2D eigenvalue weighted by Gasteiger charge is 2.31. The number of ketones is 2. The average molecular weight is 919 g/mol. The molecule has 352 valence electrons. The van der Waals surface area contributed by atoms with E-state index in [0.717, 1.165) is 62.8 Å². The predicted molar refractivity (Wildman–Crippen MR) is 295 cm³/mol. The zero-order valence-electron chi connectivity index (χ0n) is 42.7. The third-order valence-corrected chi connectivity index (χ3v) is 13.9. The zero-order valence-corrected chi connectivity index (χ0v) is 42.7. The number of hydrogen-bond acceptors (Lipinski definition) is 4. The van der Waals surface area contributed by atoms with E-state index in [1.165, 1.54) is 35.1 Å². The van der Waals surface area contributed by atoms with Crippen LogP contribution in [0.5, 0.6) is 0 Å². The van der Waals surface area contributed by atoms with E-state index in [0.29, 0.717) is 22.3 Å². The molecule has 0 heterocycles. The maximum Gasteiger partial charge on any atom is 0.194 e. The van der Waals surface area contributed by atoms with Gasteiger partial charge in [0.1, 0.15) is 0 Å². The van der Waals surface area contributed by atoms with Crippen LogP contribution in [0, 0.1) is 0 Å². The lowest BCUT2D eigenvalue weighted by Crippen LogP contribution is -2.21. The number of rotatable bonds is 11. The molecule has 70 heavy (non-hydrogen) atoms. The van der Waals surface area contributed by atoms with E-state index in [1.54, 1.807) is 0 Å². The minimum absolute atomic E-state index is 0.0460. The van der Waals surface area contributed by atoms with E-state index in [9.17, 15) is 9.59 Å². The smallest absolute Gasteiger partial charge is 0.194 e. The summed E-state index contributed by atoms with van der Waals surface area (Å²) in [4.78, 5) is 33.2. The summed E-state index contributed by atoms with van der Waals surface area (Å²) in [6.07, 6.45) is 3.42. The molecule has 0 saturated heterocycles. The number of aryl methyl sites for hydroxylation is 1. The van der Waals surface area contributed by atoms with Crippen LogP contribution in [0.15, 0.2) is 182 Å². The Hall–Kier alpha value is -7.30. The van der Waals surface area contributed by atoms with E-state index in [-0.39, 0.29) is 27.8 Å². The first-order chi connectivity index (χ1) is 33.4. The summed E-state index contributed by atoms with van der Waals surface area (Å²) in [7, 11) is 0. The number of anilines is 6. The molecule has 9 rings (SSSR count). The summed E-state index contributed by atoms with van der Waals surface area (Å²) in [5.74, 6) is -0.273. The van der Waals surface area contributed by atoms with Gasteiger partial charge in [-0.3, -0.25) is 9.59 Å². The Bertz CT molecular complexity index is 3100. The topological polar surface area (TPSA) is 40.6 Å². The molecule has 0 amide bonds. The fourth-order valence-corrected chi connectivity index (χ4v) is 9.53. The van der Waals surface area contributed by atoms with Crippen LogP contribution in [0.4, 0.5) is 34.1 Å². The second-order valence-electron chi connectivity index (χ2n) is 22.1. The van der Waals surface area contributed by atoms with Gasteiger partial charge in [-0.2, -0.15) is 0 Å². The van der Waals surface area contributed by atoms with Crippen molar-refractivity contribution in [2.24, 2.45) is 0 Å². The number of carbonyl (C=O) groups is 2. The monoisotopic (exact) mass is 919 g/mol. The van der Waals surface area contributed by atoms with Gasteiger partial charge in [0.25, 0.3) is 0 Å². The molecule has 1 aliphatic rings. The number of unbranched alkanes of at least 4 members (excludes halogenated alkanes) is 1. The molecular formula is C66H66N2O2. The van der Waals surface area contributed by atoms with Crippen LogP contribution in [0.1, 0.15) is 136 Å². The lowest BCUT2D eigenvalue weighted by molar-refractivity contribution is 0.0979. The third kappa shape index (κ3) is 9.78. The maximum absolute atomic E-state index is 14.3. The third-order valence-electron chi connectivity index (χ3n) is 13.9. The number of fused-ring (bicyclic) bond motifs is 2. The minimum atomic E-state index is -0.137. The number of nitrogens with zero attached hydrogens (tertiary/aromatic N) is 2. The summed E-state index contributed by atoms with van der Waals surface area (Å²) < 4.78 is 0. The Kier molecular flexibility index (Phi) is 12.9. The fraction of sp³-hybridized carbons (Fsp3) is 0.242. The zero-order chi connectivity index (χ0) is 49.5. The molecule has 8 aromatic rings. The molecule has 0 saturated carbocycles. The molecule has 0 radical (unpaired) electrons. The molecule has 1 aliphatic carbocycles. The summed E-state index contributed by atoms with van der Waals surface area (Å²) in [6, 6.07) is 63.8. The summed E-state index contributed by atoms with van der Waals surface area (Å²) in [5, 5.41) is 0. The molecule has 0 spiro atoms. The van der Waals surface area contributed by atoms with Crippen LogP contribution < -0.4 is 9.80 Å². The summed E-state index contributed by atoms with van der Waals surface area (Å²) >= 11 is 0. The van der Waals surface area contributed by atoms with Crippen molar-refractivity contribution in [3.8, 4) is 22.3 Å². The van der Waals surface area contributed by atoms with Crippen molar-refractivity contribution in [2.75, 3.05) is 9.80 Å². The average Bonchev–Trinajstić information content (AvgIpc) is 3.35. The molecule has 8 aromatic carbocycles. The number of carbonyl (C=O) groups excluding carboxylic acids is 2. The van der Waals surface area contributed by atoms with E-state index in [1.807, 2.05) is 36.4 Å². The van der Waals surface area contributed by atoms with Crippen LogP contribution in [0.25, 0.3) is 22.3 Å². The van der Waals surface area contributed by atoms with Crippen LogP contribution in [0.2, 0.25) is 0 Å². The summed E-state index contributed by atoms with van der Waals surface area (Å²) in [5.41, 5.74) is 17.2. The van der Waals surface area contributed by atoms with Crippen LogP contribution >= 0.6 is 0 Å². The van der Waals surface area contributed by atoms with Gasteiger partial charge in [0.15, 0.2) is 11.6 Å². The molecule has 0 N–H and O–H groups in total. The van der Waals surface area contributed by atoms with Crippen LogP contribution in [-0.2, 0) is 22.7 Å². The normalized spacial score (nSPS) is 12.7. The molecule has 0 aromatic heterocycles. The van der Waals surface area contributed by atoms with E-state index >= 15 is 0 Å². The van der Waals surface area contributed by atoms with Crippen molar-refractivity contribution < 1.29 is 9.59 Å². The van der Waals surface area contributed by atoms with Gasteiger partial charge in [-0.1, -0.05) is 161 Å². The molecular weight excluding hydrogens is 853 g/mol. The van der Waals surface area contributed by atoms with Crippen LogP contribution in [0.3, 0.4) is 0 Å². The van der Waals surface area contributed by atoms with Crippen LogP contribution in [-0.4, -0.2) is 11.6 Å². The molecule has 0 unspecified atom stereocenters. The predicted octanol–water partition coefficient (Wildman–Crippen LogP) is 18.0. The van der Waals surface area contributed by atoms with Gasteiger partial charge in [-0.15, -0.1) is 0 Å². The second-order valence-corrected chi connectivity index (χ2v) is 22.1. The van der Waals surface area contributed by atoms with E-state index < -0.39 is 0 Å². The molecule has 0 atom stereocenters. The lowest BCUT2D eigenvalue weighted by atomic mass is 9.81. The number of hydrogen-bond donors (Lipinski definition) is 0. The number of benzene rings is 8. The minimum Gasteiger partial charge on any atom is -0.311 e. The van der Waals surface area contributed by atoms with Gasteiger partial charge in [-0.25, -0.2) is 0 Å². The highest BCUT2D eigenvalue weighted by Crippen LogP contribution is 2.41. The van der Waals surface area contributed by atoms with Gasteiger partial charge >= 0.3 is 0 Å². The SMILES string of the molecule is CCCCc1ccc(N(c2ccc(-c3ccc4c(c3)C(=O)c3ccc(-c5ccc(N(c6ccc(C(C)(C)C)cc6)c6ccc(C(C)(C)C)cc6)cc5)cc3C4=O)cc2)c2ccc(C(C)(C)C)cc2)cc1. The quantitative estimate of drug-likeness (QED) is 0.130. The Morgan fingerprint density at radius 3 is 0.886 bits per heavy atom. The fourth-order valence-electron chi connectivity index (χ4n) is 9.53. The standard InChI is InChI=1S/C66H66N2O2/c1-11-12-13-44-14-28-52(29-15-44)67(55-34-22-49(23-35-55)64(2,3)4)53-30-16-45(17-31-53)47-20-40-58-60(42-47)62(69)59-41-21-48(43-61(59)63(58)70)46-18-32-54(33-19-46)68(56-36-24-50(25-37-56)65(5,6)7)57-38-26-51(27-39-57)66(8,9)10/h14-43H,11-13H2,1-10H3. The molecule has 0 fully saturated rings. The summed E-state index contributed by atoms with van der Waals surface area (Å²) in [6.45, 7) is 22.4. The van der Waals surface area contributed by atoms with E-state index in [4.69, 9.17) is 0 Å². The van der Waals surface area contributed by atoms with Gasteiger partial charge in [0, 0.05) is 56.4 Å². The first-order valence-electron chi connectivity index (χ1n) is 25.0. The first kappa shape index (κ1) is 47.8. The Balaban J connectivity index is 0.976. The molecule has 0 aliphatic heterocycles. The molecule has 0 bridgehead atoms. The van der Waals surface area contributed by atoms with Crippen molar-refractivity contribution in [1.82, 2.24) is 0 Å². The van der Waals surface area contributed by atoms with Crippen molar-refractivity contribution >= 4 is 45.7 Å². The van der Waals surface area contributed by atoms with Crippen molar-refractivity contribution in [1.29, 1.82) is 0 Å². The van der Waals surface area contributed by atoms with Gasteiger partial charge in [-0.05, 0) is 171 Å². The van der Waals surface area contributed by atoms with Gasteiger partial charge in [0.05, 0.1) is 0 Å². The van der Waals surface area contributed by atoms with E-state index in [2.05, 4.69) is 225 Å². The highest BCUT2D eigenvalue weighted by molar-refractivity contribution is 6.29. The second kappa shape index (κ2) is 18.9. The Morgan fingerprint density at radius 1 is 0.329 bits per heavy atom. The van der Waals surface area contributed by atoms with Crippen molar-refractivity contribution in [2.45, 2.75) is 105 Å².